The van der Waals surface area contributed by atoms with E-state index in [0.717, 1.165) is 37.6 Å². The van der Waals surface area contributed by atoms with Crippen molar-refractivity contribution < 1.29 is 0 Å². The highest BCUT2D eigenvalue weighted by atomic mass is 15.3. The summed E-state index contributed by atoms with van der Waals surface area (Å²) < 4.78 is 1.87. The quantitative estimate of drug-likeness (QED) is 0.584. The number of para-hydroxylation sites is 1. The lowest BCUT2D eigenvalue weighted by atomic mass is 10.1. The van der Waals surface area contributed by atoms with Crippen LogP contribution < -0.4 is 10.2 Å². The molecule has 1 N–H and O–H groups in total. The van der Waals surface area contributed by atoms with Crippen LogP contribution in [0.5, 0.6) is 0 Å². The highest BCUT2D eigenvalue weighted by Gasteiger charge is 2.21. The number of benzene rings is 2. The summed E-state index contributed by atoms with van der Waals surface area (Å²) in [5.41, 5.74) is 5.04. The highest BCUT2D eigenvalue weighted by molar-refractivity contribution is 5.97. The zero-order valence-corrected chi connectivity index (χ0v) is 15.0. The van der Waals surface area contributed by atoms with E-state index in [1.165, 1.54) is 16.8 Å². The monoisotopic (exact) mass is 345 g/mol. The number of rotatable bonds is 4. The van der Waals surface area contributed by atoms with Gasteiger partial charge in [0.15, 0.2) is 5.96 Å². The molecule has 26 heavy (non-hydrogen) atoms. The molecule has 0 fully saturated rings. The summed E-state index contributed by atoms with van der Waals surface area (Å²) in [6.45, 7) is 1.84. The van der Waals surface area contributed by atoms with Gasteiger partial charge in [-0.15, -0.1) is 0 Å². The Bertz CT molecular complexity index is 881. The van der Waals surface area contributed by atoms with E-state index in [4.69, 9.17) is 0 Å². The molecule has 132 valence electrons. The van der Waals surface area contributed by atoms with Crippen molar-refractivity contribution in [1.82, 2.24) is 15.1 Å². The van der Waals surface area contributed by atoms with Crippen molar-refractivity contribution in [2.75, 3.05) is 25.0 Å². The van der Waals surface area contributed by atoms with Crippen molar-refractivity contribution in [1.29, 1.82) is 0 Å². The molecule has 0 amide bonds. The SMILES string of the molecule is CN=C(NCCc1ccc(-n2cccn2)cc1)N1CCc2ccccc21. The molecule has 5 heteroatoms. The second-order valence-electron chi connectivity index (χ2n) is 6.37. The molecule has 3 aromatic rings. The minimum absolute atomic E-state index is 0.854. The van der Waals surface area contributed by atoms with E-state index >= 15 is 0 Å². The van der Waals surface area contributed by atoms with Crippen LogP contribution in [0.15, 0.2) is 72.0 Å². The maximum Gasteiger partial charge on any atom is 0.198 e. The molecule has 4 rings (SSSR count). The van der Waals surface area contributed by atoms with E-state index in [0.29, 0.717) is 0 Å². The molecule has 0 unspecified atom stereocenters. The predicted octanol–water partition coefficient (Wildman–Crippen LogP) is 3.05. The van der Waals surface area contributed by atoms with Gasteiger partial charge in [-0.05, 0) is 48.2 Å². The highest BCUT2D eigenvalue weighted by Crippen LogP contribution is 2.27. The fraction of sp³-hybridized carbons (Fsp3) is 0.238. The number of anilines is 1. The van der Waals surface area contributed by atoms with Gasteiger partial charge in [-0.2, -0.15) is 5.10 Å². The topological polar surface area (TPSA) is 45.5 Å². The zero-order valence-electron chi connectivity index (χ0n) is 15.0. The van der Waals surface area contributed by atoms with Gasteiger partial charge in [0.05, 0.1) is 5.69 Å². The summed E-state index contributed by atoms with van der Waals surface area (Å²) in [4.78, 5) is 6.74. The molecular formula is C21H23N5. The van der Waals surface area contributed by atoms with Gasteiger partial charge < -0.3 is 10.2 Å². The van der Waals surface area contributed by atoms with Crippen LogP contribution in [0.1, 0.15) is 11.1 Å². The minimum atomic E-state index is 0.854. The number of hydrogen-bond donors (Lipinski definition) is 1. The van der Waals surface area contributed by atoms with E-state index in [-0.39, 0.29) is 0 Å². The number of hydrogen-bond acceptors (Lipinski definition) is 2. The van der Waals surface area contributed by atoms with Gasteiger partial charge >= 0.3 is 0 Å². The lowest BCUT2D eigenvalue weighted by molar-refractivity contribution is 0.834. The summed E-state index contributed by atoms with van der Waals surface area (Å²) in [5.74, 6) is 0.947. The number of aliphatic imine (C=N–C) groups is 1. The Balaban J connectivity index is 1.35. The first-order valence-corrected chi connectivity index (χ1v) is 9.00. The van der Waals surface area contributed by atoms with Crippen molar-refractivity contribution >= 4 is 11.6 Å². The maximum absolute atomic E-state index is 4.47. The molecule has 1 aliphatic rings. The zero-order chi connectivity index (χ0) is 17.8. The Morgan fingerprint density at radius 2 is 1.96 bits per heavy atom. The summed E-state index contributed by atoms with van der Waals surface area (Å²) >= 11 is 0. The third-order valence-corrected chi connectivity index (χ3v) is 4.76. The largest absolute Gasteiger partial charge is 0.356 e. The van der Waals surface area contributed by atoms with Gasteiger partial charge in [0.1, 0.15) is 0 Å². The number of aromatic nitrogens is 2. The van der Waals surface area contributed by atoms with Crippen LogP contribution >= 0.6 is 0 Å². The Morgan fingerprint density at radius 3 is 2.73 bits per heavy atom. The molecule has 5 nitrogen and oxygen atoms in total. The minimum Gasteiger partial charge on any atom is -0.356 e. The summed E-state index contributed by atoms with van der Waals surface area (Å²) in [6.07, 6.45) is 5.77. The van der Waals surface area contributed by atoms with Crippen LogP contribution in [0.4, 0.5) is 5.69 Å². The van der Waals surface area contributed by atoms with Crippen LogP contribution in [0.2, 0.25) is 0 Å². The fourth-order valence-electron chi connectivity index (χ4n) is 3.41. The second-order valence-corrected chi connectivity index (χ2v) is 6.37. The van der Waals surface area contributed by atoms with Crippen molar-refractivity contribution in [3.63, 3.8) is 0 Å². The standard InChI is InChI=1S/C21H23N5/c1-22-21(25-16-12-18-5-2-3-6-20(18)25)23-14-11-17-7-9-19(10-8-17)26-15-4-13-24-26/h2-10,13,15H,11-12,14,16H2,1H3,(H,22,23). The molecule has 0 spiro atoms. The fourth-order valence-corrected chi connectivity index (χ4v) is 3.41. The average molecular weight is 345 g/mol. The van der Waals surface area contributed by atoms with Gasteiger partial charge in [0, 0.05) is 38.2 Å². The Hall–Kier alpha value is -3.08. The summed E-state index contributed by atoms with van der Waals surface area (Å²) in [7, 11) is 1.85. The molecule has 1 aliphatic heterocycles. The van der Waals surface area contributed by atoms with Gasteiger partial charge in [-0.1, -0.05) is 30.3 Å². The molecule has 0 saturated heterocycles. The third kappa shape index (κ3) is 3.33. The van der Waals surface area contributed by atoms with Crippen molar-refractivity contribution in [3.05, 3.63) is 78.1 Å². The first-order chi connectivity index (χ1) is 12.8. The Morgan fingerprint density at radius 1 is 1.12 bits per heavy atom. The van der Waals surface area contributed by atoms with Gasteiger partial charge in [-0.25, -0.2) is 4.68 Å². The molecule has 0 saturated carbocycles. The normalized spacial score (nSPS) is 13.7. The Kier molecular flexibility index (Phi) is 4.69. The number of guanidine groups is 1. The van der Waals surface area contributed by atoms with Crippen molar-refractivity contribution in [3.8, 4) is 5.69 Å². The summed E-state index contributed by atoms with van der Waals surface area (Å²) in [5, 5.41) is 7.76. The van der Waals surface area contributed by atoms with E-state index in [1.807, 2.05) is 24.0 Å². The van der Waals surface area contributed by atoms with Crippen LogP contribution in [-0.4, -0.2) is 35.9 Å². The first-order valence-electron chi connectivity index (χ1n) is 9.00. The Labute approximate surface area is 154 Å². The number of fused-ring (bicyclic) bond motifs is 1. The third-order valence-electron chi connectivity index (χ3n) is 4.76. The summed E-state index contributed by atoms with van der Waals surface area (Å²) in [6, 6.07) is 19.0. The van der Waals surface area contributed by atoms with E-state index in [9.17, 15) is 0 Å². The maximum atomic E-state index is 4.47. The van der Waals surface area contributed by atoms with E-state index < -0.39 is 0 Å². The first kappa shape index (κ1) is 16.4. The van der Waals surface area contributed by atoms with Gasteiger partial charge in [-0.3, -0.25) is 4.99 Å². The lowest BCUT2D eigenvalue weighted by Crippen LogP contribution is -2.41. The van der Waals surface area contributed by atoms with Crippen molar-refractivity contribution in [2.45, 2.75) is 12.8 Å². The molecule has 2 heterocycles. The van der Waals surface area contributed by atoms with Crippen molar-refractivity contribution in [2.24, 2.45) is 4.99 Å². The molecule has 2 aromatic carbocycles. The molecule has 0 aliphatic carbocycles. The molecule has 1 aromatic heterocycles. The molecule has 0 bridgehead atoms. The van der Waals surface area contributed by atoms with E-state index in [2.05, 4.69) is 68.8 Å². The van der Waals surface area contributed by atoms with Crippen LogP contribution in [0, 0.1) is 0 Å². The number of nitrogens with zero attached hydrogens (tertiary/aromatic N) is 4. The molecule has 0 radical (unpaired) electrons. The van der Waals surface area contributed by atoms with Crippen LogP contribution in [0.25, 0.3) is 5.69 Å². The average Bonchev–Trinajstić information content (AvgIpc) is 3.36. The van der Waals surface area contributed by atoms with Gasteiger partial charge in [0.2, 0.25) is 0 Å². The van der Waals surface area contributed by atoms with Crippen LogP contribution in [0.3, 0.4) is 0 Å². The van der Waals surface area contributed by atoms with Crippen LogP contribution in [-0.2, 0) is 12.8 Å². The number of nitrogens with one attached hydrogen (secondary N) is 1. The predicted molar refractivity (Wildman–Crippen MR) is 106 cm³/mol. The molecule has 0 atom stereocenters. The van der Waals surface area contributed by atoms with E-state index in [1.54, 1.807) is 6.20 Å². The van der Waals surface area contributed by atoms with Gasteiger partial charge in [0.25, 0.3) is 0 Å². The second kappa shape index (κ2) is 7.44. The smallest absolute Gasteiger partial charge is 0.198 e. The lowest BCUT2D eigenvalue weighted by Gasteiger charge is -2.22. The molecular weight excluding hydrogens is 322 g/mol.